The largest absolute Gasteiger partial charge is 0.351 e. The topological polar surface area (TPSA) is 45.2 Å². The molecule has 0 saturated carbocycles. The monoisotopic (exact) mass is 351 g/mol. The van der Waals surface area contributed by atoms with E-state index in [1.165, 1.54) is 5.56 Å². The summed E-state index contributed by atoms with van der Waals surface area (Å²) in [6, 6.07) is 18.3. The molecule has 5 heteroatoms. The van der Waals surface area contributed by atoms with Gasteiger partial charge in [0.15, 0.2) is 0 Å². The Kier molecular flexibility index (Phi) is 5.58. The van der Waals surface area contributed by atoms with Crippen molar-refractivity contribution >= 4 is 33.5 Å². The molecule has 0 aliphatic rings. The molecule has 0 bridgehead atoms. The van der Waals surface area contributed by atoms with Crippen LogP contribution in [0.5, 0.6) is 0 Å². The molecule has 1 heterocycles. The van der Waals surface area contributed by atoms with Crippen molar-refractivity contribution in [1.82, 2.24) is 15.2 Å². The van der Waals surface area contributed by atoms with Crippen molar-refractivity contribution in [2.45, 2.75) is 6.04 Å². The van der Waals surface area contributed by atoms with Crippen LogP contribution in [0.1, 0.15) is 16.6 Å². The van der Waals surface area contributed by atoms with Crippen LogP contribution < -0.4 is 5.32 Å². The maximum absolute atomic E-state index is 12.2. The molecule has 1 unspecified atom stereocenters. The summed E-state index contributed by atoms with van der Waals surface area (Å²) in [6.07, 6.45) is 3.32. The van der Waals surface area contributed by atoms with Crippen molar-refractivity contribution in [3.63, 3.8) is 0 Å². The van der Waals surface area contributed by atoms with Crippen LogP contribution in [0.2, 0.25) is 0 Å². The number of fused-ring (bicyclic) bond motifs is 1. The molecule has 0 fully saturated rings. The zero-order chi connectivity index (χ0) is 17.6. The summed E-state index contributed by atoms with van der Waals surface area (Å²) in [7, 11) is 4.03. The molecule has 0 spiro atoms. The van der Waals surface area contributed by atoms with Gasteiger partial charge in [0.2, 0.25) is 5.91 Å². The lowest BCUT2D eigenvalue weighted by atomic mass is 10.1. The van der Waals surface area contributed by atoms with Crippen molar-refractivity contribution in [2.75, 3.05) is 20.6 Å². The first-order valence-electron chi connectivity index (χ1n) is 8.16. The van der Waals surface area contributed by atoms with Gasteiger partial charge in [-0.1, -0.05) is 42.5 Å². The standard InChI is InChI=1S/C20H21N3OS/c1-23(2)17(15-8-4-3-5-9-15)14-21-19(24)12-13-20-22-16-10-6-7-11-18(16)25-20/h3-13,17H,14H2,1-2H3,(H,21,24)/b13-12+. The molecule has 2 aromatic carbocycles. The predicted octanol–water partition coefficient (Wildman–Crippen LogP) is 3.73. The highest BCUT2D eigenvalue weighted by Crippen LogP contribution is 2.22. The number of benzene rings is 2. The Labute approximate surface area is 151 Å². The molecule has 0 saturated heterocycles. The van der Waals surface area contributed by atoms with Crippen LogP contribution in [0.4, 0.5) is 0 Å². The Morgan fingerprint density at radius 1 is 1.16 bits per heavy atom. The van der Waals surface area contributed by atoms with Gasteiger partial charge in [-0.2, -0.15) is 0 Å². The van der Waals surface area contributed by atoms with Gasteiger partial charge in [0.1, 0.15) is 5.01 Å². The summed E-state index contributed by atoms with van der Waals surface area (Å²) in [5.74, 6) is -0.109. The second kappa shape index (κ2) is 8.05. The fourth-order valence-corrected chi connectivity index (χ4v) is 3.51. The number of amides is 1. The van der Waals surface area contributed by atoms with Crippen molar-refractivity contribution in [3.8, 4) is 0 Å². The number of carbonyl (C=O) groups is 1. The quantitative estimate of drug-likeness (QED) is 0.688. The van der Waals surface area contributed by atoms with Crippen LogP contribution in [-0.4, -0.2) is 36.4 Å². The number of rotatable bonds is 6. The molecule has 3 rings (SSSR count). The van der Waals surface area contributed by atoms with E-state index in [1.54, 1.807) is 23.5 Å². The molecule has 25 heavy (non-hydrogen) atoms. The number of nitrogens with zero attached hydrogens (tertiary/aromatic N) is 2. The highest BCUT2D eigenvalue weighted by Gasteiger charge is 2.14. The number of para-hydroxylation sites is 1. The van der Waals surface area contributed by atoms with Crippen LogP contribution in [0.15, 0.2) is 60.7 Å². The number of carbonyl (C=O) groups excluding carboxylic acids is 1. The molecule has 1 aromatic heterocycles. The van der Waals surface area contributed by atoms with E-state index in [4.69, 9.17) is 0 Å². The van der Waals surface area contributed by atoms with Gasteiger partial charge in [0.25, 0.3) is 0 Å². The smallest absolute Gasteiger partial charge is 0.244 e. The first-order valence-corrected chi connectivity index (χ1v) is 8.98. The van der Waals surface area contributed by atoms with Gasteiger partial charge in [-0.15, -0.1) is 11.3 Å². The Morgan fingerprint density at radius 2 is 1.88 bits per heavy atom. The van der Waals surface area contributed by atoms with Gasteiger partial charge in [0, 0.05) is 12.6 Å². The van der Waals surface area contributed by atoms with Crippen LogP contribution in [0, 0.1) is 0 Å². The second-order valence-electron chi connectivity index (χ2n) is 5.99. The number of nitrogens with one attached hydrogen (secondary N) is 1. The third-order valence-corrected chi connectivity index (χ3v) is 4.97. The number of thiazole rings is 1. The third kappa shape index (κ3) is 4.53. The number of hydrogen-bond acceptors (Lipinski definition) is 4. The SMILES string of the molecule is CN(C)C(CNC(=O)/C=C/c1nc2ccccc2s1)c1ccccc1. The van der Waals surface area contributed by atoms with E-state index in [9.17, 15) is 4.79 Å². The van der Waals surface area contributed by atoms with E-state index in [0.717, 1.165) is 15.2 Å². The molecule has 4 nitrogen and oxygen atoms in total. The summed E-state index contributed by atoms with van der Waals surface area (Å²) in [6.45, 7) is 0.556. The predicted molar refractivity (Wildman–Crippen MR) is 105 cm³/mol. The summed E-state index contributed by atoms with van der Waals surface area (Å²) in [4.78, 5) is 18.8. The van der Waals surface area contributed by atoms with Gasteiger partial charge in [-0.25, -0.2) is 4.98 Å². The molecule has 0 radical (unpaired) electrons. The van der Waals surface area contributed by atoms with Crippen LogP contribution >= 0.6 is 11.3 Å². The molecule has 0 aliphatic heterocycles. The zero-order valence-corrected chi connectivity index (χ0v) is 15.2. The van der Waals surface area contributed by atoms with Crippen molar-refractivity contribution < 1.29 is 4.79 Å². The minimum Gasteiger partial charge on any atom is -0.351 e. The van der Waals surface area contributed by atoms with E-state index in [1.807, 2.05) is 56.6 Å². The van der Waals surface area contributed by atoms with Crippen LogP contribution in [0.25, 0.3) is 16.3 Å². The van der Waals surface area contributed by atoms with E-state index < -0.39 is 0 Å². The average Bonchev–Trinajstić information content (AvgIpc) is 3.04. The highest BCUT2D eigenvalue weighted by molar-refractivity contribution is 7.19. The fourth-order valence-electron chi connectivity index (χ4n) is 2.64. The minimum absolute atomic E-state index is 0.109. The van der Waals surface area contributed by atoms with E-state index in [0.29, 0.717) is 6.54 Å². The summed E-state index contributed by atoms with van der Waals surface area (Å²) in [5, 5.41) is 3.81. The molecule has 128 valence electrons. The first-order chi connectivity index (χ1) is 12.1. The Balaban J connectivity index is 1.61. The molecule has 1 N–H and O–H groups in total. The average molecular weight is 351 g/mol. The fraction of sp³-hybridized carbons (Fsp3) is 0.200. The lowest BCUT2D eigenvalue weighted by Crippen LogP contribution is -2.33. The lowest BCUT2D eigenvalue weighted by molar-refractivity contribution is -0.116. The first kappa shape index (κ1) is 17.3. The minimum atomic E-state index is -0.109. The van der Waals surface area contributed by atoms with Gasteiger partial charge in [-0.3, -0.25) is 4.79 Å². The number of likely N-dealkylation sites (N-methyl/N-ethyl adjacent to an activating group) is 1. The molecular weight excluding hydrogens is 330 g/mol. The van der Waals surface area contributed by atoms with Crippen LogP contribution in [0.3, 0.4) is 0 Å². The molecule has 1 atom stereocenters. The summed E-state index contributed by atoms with van der Waals surface area (Å²) >= 11 is 1.58. The summed E-state index contributed by atoms with van der Waals surface area (Å²) < 4.78 is 1.12. The van der Waals surface area contributed by atoms with Gasteiger partial charge < -0.3 is 10.2 Å². The Bertz CT molecular complexity index is 838. The van der Waals surface area contributed by atoms with Gasteiger partial charge in [-0.05, 0) is 37.9 Å². The molecule has 0 aliphatic carbocycles. The number of aromatic nitrogens is 1. The van der Waals surface area contributed by atoms with Gasteiger partial charge >= 0.3 is 0 Å². The Morgan fingerprint density at radius 3 is 2.60 bits per heavy atom. The maximum Gasteiger partial charge on any atom is 0.244 e. The van der Waals surface area contributed by atoms with E-state index in [-0.39, 0.29) is 11.9 Å². The lowest BCUT2D eigenvalue weighted by Gasteiger charge is -2.24. The summed E-state index contributed by atoms with van der Waals surface area (Å²) in [5.41, 5.74) is 2.15. The zero-order valence-electron chi connectivity index (χ0n) is 14.3. The maximum atomic E-state index is 12.2. The van der Waals surface area contributed by atoms with Gasteiger partial charge in [0.05, 0.1) is 16.3 Å². The van der Waals surface area contributed by atoms with Crippen molar-refractivity contribution in [3.05, 3.63) is 71.2 Å². The molecular formula is C20H21N3OS. The number of hydrogen-bond donors (Lipinski definition) is 1. The third-order valence-electron chi connectivity index (χ3n) is 3.97. The van der Waals surface area contributed by atoms with Crippen molar-refractivity contribution in [1.29, 1.82) is 0 Å². The second-order valence-corrected chi connectivity index (χ2v) is 7.05. The Hall–Kier alpha value is -2.50. The van der Waals surface area contributed by atoms with E-state index in [2.05, 4.69) is 27.3 Å². The van der Waals surface area contributed by atoms with E-state index >= 15 is 0 Å². The molecule has 3 aromatic rings. The van der Waals surface area contributed by atoms with Crippen LogP contribution in [-0.2, 0) is 4.79 Å². The molecule has 1 amide bonds. The van der Waals surface area contributed by atoms with Crippen molar-refractivity contribution in [2.24, 2.45) is 0 Å². The normalized spacial score (nSPS) is 12.8. The highest BCUT2D eigenvalue weighted by atomic mass is 32.1.